The second-order valence-electron chi connectivity index (χ2n) is 7.38. The first kappa shape index (κ1) is 22.5. The number of methoxy groups -OCH3 is 2. The van der Waals surface area contributed by atoms with Crippen LogP contribution in [0.2, 0.25) is 0 Å². The number of aromatic nitrogens is 3. The number of hydrogen-bond donors (Lipinski definition) is 1. The first-order valence-electron chi connectivity index (χ1n) is 10.4. The Morgan fingerprint density at radius 3 is 2.58 bits per heavy atom. The maximum atomic E-state index is 13.0. The third-order valence-electron chi connectivity index (χ3n) is 5.14. The fourth-order valence-electron chi connectivity index (χ4n) is 3.53. The molecule has 0 radical (unpaired) electrons. The number of nitrogens with one attached hydrogen (secondary N) is 1. The van der Waals surface area contributed by atoms with Crippen molar-refractivity contribution >= 4 is 27.5 Å². The highest BCUT2D eigenvalue weighted by atomic mass is 32.1. The molecule has 0 aliphatic carbocycles. The molecule has 2 heterocycles. The highest BCUT2D eigenvalue weighted by molar-refractivity contribution is 7.19. The fraction of sp³-hybridized carbons (Fsp3) is 0.250. The average Bonchev–Trinajstić information content (AvgIpc) is 3.23. The Morgan fingerprint density at radius 2 is 1.85 bits per heavy atom. The van der Waals surface area contributed by atoms with E-state index >= 15 is 0 Å². The maximum Gasteiger partial charge on any atom is 0.294 e. The van der Waals surface area contributed by atoms with Crippen molar-refractivity contribution in [3.63, 3.8) is 0 Å². The number of carbonyl (C=O) groups excluding carboxylic acids is 1. The van der Waals surface area contributed by atoms with Crippen LogP contribution >= 0.6 is 11.3 Å². The van der Waals surface area contributed by atoms with Gasteiger partial charge in [-0.25, -0.2) is 9.67 Å². The van der Waals surface area contributed by atoms with Crippen LogP contribution in [0.15, 0.2) is 53.3 Å². The SMILES string of the molecule is COc1ccc(-c2nn(CC(=O)NCCc3ccccc3)c(=O)c3nc(C)sc23)cc1OC. The van der Waals surface area contributed by atoms with E-state index in [1.165, 1.54) is 16.0 Å². The number of fused-ring (bicyclic) bond motifs is 1. The molecular formula is C24H24N4O4S. The van der Waals surface area contributed by atoms with E-state index in [0.29, 0.717) is 40.4 Å². The Balaban J connectivity index is 1.63. The molecule has 2 aromatic heterocycles. The van der Waals surface area contributed by atoms with E-state index < -0.39 is 5.56 Å². The number of ether oxygens (including phenoxy) is 2. The summed E-state index contributed by atoms with van der Waals surface area (Å²) in [4.78, 5) is 30.0. The standard InChI is InChI=1S/C24H24N4O4S/c1-15-26-22-23(33-15)21(17-9-10-18(31-2)19(13-17)32-3)27-28(24(22)30)14-20(29)25-12-11-16-7-5-4-6-8-16/h4-10,13H,11-12,14H2,1-3H3,(H,25,29). The first-order valence-corrected chi connectivity index (χ1v) is 11.2. The van der Waals surface area contributed by atoms with Crippen molar-refractivity contribution in [3.8, 4) is 22.8 Å². The van der Waals surface area contributed by atoms with Crippen LogP contribution < -0.4 is 20.3 Å². The smallest absolute Gasteiger partial charge is 0.294 e. The molecule has 0 spiro atoms. The summed E-state index contributed by atoms with van der Waals surface area (Å²) >= 11 is 1.39. The van der Waals surface area contributed by atoms with Crippen LogP contribution in [0.3, 0.4) is 0 Å². The molecule has 1 amide bonds. The van der Waals surface area contributed by atoms with Crippen LogP contribution in [0.5, 0.6) is 11.5 Å². The summed E-state index contributed by atoms with van der Waals surface area (Å²) in [5, 5.41) is 8.14. The predicted octanol–water partition coefficient (Wildman–Crippen LogP) is 3.20. The minimum Gasteiger partial charge on any atom is -0.493 e. The summed E-state index contributed by atoms with van der Waals surface area (Å²) in [7, 11) is 3.12. The van der Waals surface area contributed by atoms with Gasteiger partial charge in [0.1, 0.15) is 12.2 Å². The molecular weight excluding hydrogens is 440 g/mol. The van der Waals surface area contributed by atoms with Gasteiger partial charge in [0, 0.05) is 12.1 Å². The van der Waals surface area contributed by atoms with E-state index in [4.69, 9.17) is 9.47 Å². The van der Waals surface area contributed by atoms with Gasteiger partial charge in [-0.1, -0.05) is 30.3 Å². The van der Waals surface area contributed by atoms with E-state index in [9.17, 15) is 9.59 Å². The van der Waals surface area contributed by atoms with Crippen molar-refractivity contribution in [1.29, 1.82) is 0 Å². The zero-order valence-corrected chi connectivity index (χ0v) is 19.4. The Bertz CT molecular complexity index is 1350. The van der Waals surface area contributed by atoms with Crippen molar-refractivity contribution in [1.82, 2.24) is 20.1 Å². The molecule has 0 fully saturated rings. The lowest BCUT2D eigenvalue weighted by atomic mass is 10.1. The molecule has 0 aliphatic rings. The topological polar surface area (TPSA) is 95.3 Å². The highest BCUT2D eigenvalue weighted by Crippen LogP contribution is 2.35. The lowest BCUT2D eigenvalue weighted by Gasteiger charge is -2.12. The lowest BCUT2D eigenvalue weighted by molar-refractivity contribution is -0.121. The highest BCUT2D eigenvalue weighted by Gasteiger charge is 2.19. The number of carbonyl (C=O) groups is 1. The molecule has 0 saturated heterocycles. The molecule has 0 saturated carbocycles. The van der Waals surface area contributed by atoms with Crippen LogP contribution in [0.25, 0.3) is 21.5 Å². The Hall–Kier alpha value is -3.72. The molecule has 0 bridgehead atoms. The molecule has 8 nitrogen and oxygen atoms in total. The Labute approximate surface area is 194 Å². The zero-order chi connectivity index (χ0) is 23.4. The second-order valence-corrected chi connectivity index (χ2v) is 8.58. The molecule has 33 heavy (non-hydrogen) atoms. The third kappa shape index (κ3) is 4.88. The molecule has 2 aromatic carbocycles. The summed E-state index contributed by atoms with van der Waals surface area (Å²) in [6, 6.07) is 15.3. The van der Waals surface area contributed by atoms with Crippen molar-refractivity contribution in [2.45, 2.75) is 19.9 Å². The van der Waals surface area contributed by atoms with Gasteiger partial charge in [0.05, 0.1) is 23.9 Å². The summed E-state index contributed by atoms with van der Waals surface area (Å²) < 4.78 is 12.6. The largest absolute Gasteiger partial charge is 0.493 e. The van der Waals surface area contributed by atoms with Gasteiger partial charge in [0.2, 0.25) is 5.91 Å². The Kier molecular flexibility index (Phi) is 6.69. The molecule has 4 rings (SSSR count). The summed E-state index contributed by atoms with van der Waals surface area (Å²) in [5.74, 6) is 0.844. The number of hydrogen-bond acceptors (Lipinski definition) is 7. The summed E-state index contributed by atoms with van der Waals surface area (Å²) in [6.07, 6.45) is 0.704. The molecule has 0 atom stereocenters. The summed E-state index contributed by atoms with van der Waals surface area (Å²) in [6.45, 7) is 2.11. The van der Waals surface area contributed by atoms with E-state index in [0.717, 1.165) is 16.1 Å². The van der Waals surface area contributed by atoms with E-state index in [1.54, 1.807) is 26.4 Å². The van der Waals surface area contributed by atoms with Crippen molar-refractivity contribution in [2.24, 2.45) is 0 Å². The van der Waals surface area contributed by atoms with Gasteiger partial charge in [-0.05, 0) is 37.1 Å². The monoisotopic (exact) mass is 464 g/mol. The summed E-state index contributed by atoms with van der Waals surface area (Å²) in [5.41, 5.74) is 2.34. The average molecular weight is 465 g/mol. The Morgan fingerprint density at radius 1 is 1.09 bits per heavy atom. The third-order valence-corrected chi connectivity index (χ3v) is 6.11. The van der Waals surface area contributed by atoms with E-state index in [2.05, 4.69) is 15.4 Å². The van der Waals surface area contributed by atoms with Crippen LogP contribution in [0, 0.1) is 6.92 Å². The lowest BCUT2D eigenvalue weighted by Crippen LogP contribution is -2.35. The fourth-order valence-corrected chi connectivity index (χ4v) is 4.45. The van der Waals surface area contributed by atoms with Gasteiger partial charge in [0.25, 0.3) is 5.56 Å². The van der Waals surface area contributed by atoms with Crippen LogP contribution in [0.4, 0.5) is 0 Å². The number of amides is 1. The maximum absolute atomic E-state index is 13.0. The predicted molar refractivity (Wildman–Crippen MR) is 128 cm³/mol. The van der Waals surface area contributed by atoms with Crippen LogP contribution in [-0.4, -0.2) is 41.4 Å². The molecule has 0 aliphatic heterocycles. The number of aryl methyl sites for hydroxylation is 1. The zero-order valence-electron chi connectivity index (χ0n) is 18.6. The van der Waals surface area contributed by atoms with Crippen molar-refractivity contribution < 1.29 is 14.3 Å². The van der Waals surface area contributed by atoms with Gasteiger partial charge < -0.3 is 14.8 Å². The van der Waals surface area contributed by atoms with Gasteiger partial charge in [-0.2, -0.15) is 5.10 Å². The van der Waals surface area contributed by atoms with Crippen LogP contribution in [-0.2, 0) is 17.8 Å². The molecule has 1 N–H and O–H groups in total. The van der Waals surface area contributed by atoms with Gasteiger partial charge in [-0.3, -0.25) is 9.59 Å². The molecule has 4 aromatic rings. The minimum atomic E-state index is -0.392. The number of thiazole rings is 1. The van der Waals surface area contributed by atoms with Crippen molar-refractivity contribution in [3.05, 3.63) is 69.5 Å². The van der Waals surface area contributed by atoms with Crippen LogP contribution in [0.1, 0.15) is 10.6 Å². The van der Waals surface area contributed by atoms with E-state index in [1.807, 2.05) is 43.3 Å². The number of nitrogens with zero attached hydrogens (tertiary/aromatic N) is 3. The molecule has 9 heteroatoms. The minimum absolute atomic E-state index is 0.194. The van der Waals surface area contributed by atoms with Gasteiger partial charge in [0.15, 0.2) is 17.0 Å². The quantitative estimate of drug-likeness (QED) is 0.430. The van der Waals surface area contributed by atoms with E-state index in [-0.39, 0.29) is 12.5 Å². The normalized spacial score (nSPS) is 10.9. The van der Waals surface area contributed by atoms with Crippen molar-refractivity contribution in [2.75, 3.05) is 20.8 Å². The first-order chi connectivity index (χ1) is 16.0. The number of benzene rings is 2. The second kappa shape index (κ2) is 9.83. The molecule has 170 valence electrons. The van der Waals surface area contributed by atoms with Gasteiger partial charge in [-0.15, -0.1) is 11.3 Å². The molecule has 0 unspecified atom stereocenters. The van der Waals surface area contributed by atoms with Gasteiger partial charge >= 0.3 is 0 Å². The number of rotatable bonds is 8.